The minimum Gasteiger partial charge on any atom is -0.309 e. The second-order valence-corrected chi connectivity index (χ2v) is 19.0. The van der Waals surface area contributed by atoms with E-state index in [9.17, 15) is 0 Å². The highest BCUT2D eigenvalue weighted by Gasteiger charge is 2.30. The van der Waals surface area contributed by atoms with Gasteiger partial charge in [-0.1, -0.05) is 151 Å². The van der Waals surface area contributed by atoms with Crippen molar-refractivity contribution in [3.05, 3.63) is 252 Å². The van der Waals surface area contributed by atoms with Crippen molar-refractivity contribution in [3.8, 4) is 55.9 Å². The predicted octanol–water partition coefficient (Wildman–Crippen LogP) is 17.6. The van der Waals surface area contributed by atoms with Gasteiger partial charge in [-0.3, -0.25) is 0 Å². The van der Waals surface area contributed by atoms with Crippen LogP contribution in [0.3, 0.4) is 0 Å². The van der Waals surface area contributed by atoms with Gasteiger partial charge in [0.15, 0.2) is 0 Å². The Balaban J connectivity index is 0.968. The Bertz CT molecular complexity index is 3900. The Morgan fingerprint density at radius 1 is 0.338 bits per heavy atom. The number of para-hydroxylation sites is 2. The largest absolute Gasteiger partial charge is 0.309 e. The molecule has 0 N–H and O–H groups in total. The molecule has 0 saturated heterocycles. The van der Waals surface area contributed by atoms with Crippen LogP contribution in [0, 0.1) is 20.8 Å². The van der Waals surface area contributed by atoms with E-state index in [4.69, 9.17) is 0 Å². The van der Waals surface area contributed by atoms with Gasteiger partial charge in [-0.05, 0) is 179 Å². The smallest absolute Gasteiger partial charge is 0.0542 e. The molecule has 0 amide bonds. The third kappa shape index (κ3) is 6.54. The van der Waals surface area contributed by atoms with Crippen LogP contribution in [0.4, 0.5) is 0 Å². The van der Waals surface area contributed by atoms with Gasteiger partial charge in [-0.2, -0.15) is 0 Å². The lowest BCUT2D eigenvalue weighted by Crippen LogP contribution is -2.02. The van der Waals surface area contributed by atoms with Crippen LogP contribution in [0.1, 0.15) is 45.7 Å². The molecule has 0 aliphatic heterocycles. The van der Waals surface area contributed by atoms with Gasteiger partial charge < -0.3 is 9.13 Å². The molecule has 2 aromatic heterocycles. The summed E-state index contributed by atoms with van der Waals surface area (Å²) in [6.45, 7) is 6.77. The normalized spacial score (nSPS) is 13.2. The zero-order chi connectivity index (χ0) is 45.5. The van der Waals surface area contributed by atoms with Crippen LogP contribution in [0.2, 0.25) is 0 Å². The van der Waals surface area contributed by atoms with Gasteiger partial charge in [0.05, 0.1) is 22.1 Å². The van der Waals surface area contributed by atoms with E-state index in [-0.39, 0.29) is 0 Å². The summed E-state index contributed by atoms with van der Waals surface area (Å²) < 4.78 is 4.87. The van der Waals surface area contributed by atoms with Gasteiger partial charge in [0, 0.05) is 38.8 Å². The number of benzene rings is 10. The summed E-state index contributed by atoms with van der Waals surface area (Å²) >= 11 is 0. The summed E-state index contributed by atoms with van der Waals surface area (Å²) in [4.78, 5) is 0. The van der Waals surface area contributed by atoms with E-state index in [1.807, 2.05) is 0 Å². The average Bonchev–Trinajstić information content (AvgIpc) is 4.01. The van der Waals surface area contributed by atoms with Crippen LogP contribution in [0.5, 0.6) is 0 Å². The maximum atomic E-state index is 2.48. The summed E-state index contributed by atoms with van der Waals surface area (Å²) in [5, 5.41) is 4.98. The van der Waals surface area contributed by atoms with Crippen LogP contribution in [-0.4, -0.2) is 9.13 Å². The molecule has 324 valence electrons. The Hall–Kier alpha value is -8.20. The lowest BCUT2D eigenvalue weighted by molar-refractivity contribution is 0.724. The first kappa shape index (κ1) is 40.1. The summed E-state index contributed by atoms with van der Waals surface area (Å²) in [6.07, 6.45) is 2.12. The van der Waals surface area contributed by atoms with Gasteiger partial charge >= 0.3 is 0 Å². The van der Waals surface area contributed by atoms with Crippen LogP contribution in [-0.2, 0) is 6.42 Å². The number of hydrogen-bond acceptors (Lipinski definition) is 0. The fraction of sp³-hybridized carbons (Fsp3) is 0.0909. The molecule has 2 heterocycles. The Labute approximate surface area is 398 Å². The highest BCUT2D eigenvalue weighted by atomic mass is 15.0. The molecule has 12 aromatic rings. The summed E-state index contributed by atoms with van der Waals surface area (Å²) in [6, 6.07) is 81.5. The van der Waals surface area contributed by atoms with Crippen molar-refractivity contribution in [2.45, 2.75) is 39.5 Å². The molecule has 0 radical (unpaired) electrons. The number of fused-ring (bicyclic) bond motifs is 9. The van der Waals surface area contributed by atoms with Gasteiger partial charge in [-0.15, -0.1) is 0 Å². The van der Waals surface area contributed by atoms with Crippen LogP contribution in [0.25, 0.3) is 99.5 Å². The highest BCUT2D eigenvalue weighted by molar-refractivity contribution is 6.13. The molecule has 1 aliphatic carbocycles. The van der Waals surface area contributed by atoms with E-state index in [1.165, 1.54) is 127 Å². The number of nitrogens with zero attached hydrogens (tertiary/aromatic N) is 2. The molecule has 1 atom stereocenters. The first-order valence-corrected chi connectivity index (χ1v) is 24.1. The Kier molecular flexibility index (Phi) is 9.44. The number of aromatic nitrogens is 2. The molecule has 1 aliphatic rings. The zero-order valence-electron chi connectivity index (χ0n) is 38.7. The molecular formula is C66H50N2. The van der Waals surface area contributed by atoms with Crippen molar-refractivity contribution in [1.82, 2.24) is 9.13 Å². The fourth-order valence-corrected chi connectivity index (χ4v) is 11.8. The molecule has 10 aromatic carbocycles. The van der Waals surface area contributed by atoms with E-state index >= 15 is 0 Å². The molecule has 2 heteroatoms. The topological polar surface area (TPSA) is 9.86 Å². The number of aryl methyl sites for hydroxylation is 3. The van der Waals surface area contributed by atoms with Crippen LogP contribution >= 0.6 is 0 Å². The third-order valence-corrected chi connectivity index (χ3v) is 14.9. The molecule has 0 fully saturated rings. The SMILES string of the molecule is Cc1cc(C)c(CCC2c3ccc(-c4ccccc4)cc3-c3cc(-c4ccc5c(c4)c4cc(-c6ccccc6)ccc4n5-c4ccc5c(c4)c4ccccc4n5-c4ccccc4)ccc32)c(C)c1. The lowest BCUT2D eigenvalue weighted by Gasteiger charge is -2.17. The average molecular weight is 871 g/mol. The van der Waals surface area contributed by atoms with Crippen molar-refractivity contribution in [2.24, 2.45) is 0 Å². The second kappa shape index (κ2) is 16.0. The zero-order valence-corrected chi connectivity index (χ0v) is 38.7. The lowest BCUT2D eigenvalue weighted by atomic mass is 9.87. The van der Waals surface area contributed by atoms with Crippen molar-refractivity contribution in [1.29, 1.82) is 0 Å². The first-order valence-electron chi connectivity index (χ1n) is 24.1. The maximum Gasteiger partial charge on any atom is 0.0542 e. The molecular weight excluding hydrogens is 821 g/mol. The molecule has 13 rings (SSSR count). The standard InChI is InChI=1S/C66H50N2/c1-42-35-43(2)53(44(3)36-42)30-31-54-55-28-23-47(45-15-7-4-8-16-45)37-58(55)59-38-49(24-29-56(54)59)50-26-33-65-61(40-50)60-39-48(46-17-9-5-10-18-46)25-32-64(60)68(65)52-27-34-66-62(41-52)57-21-13-14-22-63(57)67(66)51-19-11-6-12-20-51/h4-29,32-41,54H,30-31H2,1-3H3. The minimum atomic E-state index is 0.329. The minimum absolute atomic E-state index is 0.329. The van der Waals surface area contributed by atoms with Crippen molar-refractivity contribution in [2.75, 3.05) is 0 Å². The second-order valence-electron chi connectivity index (χ2n) is 19.0. The predicted molar refractivity (Wildman–Crippen MR) is 288 cm³/mol. The number of rotatable bonds is 8. The van der Waals surface area contributed by atoms with Crippen molar-refractivity contribution in [3.63, 3.8) is 0 Å². The summed E-state index contributed by atoms with van der Waals surface area (Å²) in [5.41, 5.74) is 25.8. The summed E-state index contributed by atoms with van der Waals surface area (Å²) in [7, 11) is 0. The van der Waals surface area contributed by atoms with E-state index < -0.39 is 0 Å². The van der Waals surface area contributed by atoms with E-state index in [2.05, 4.69) is 248 Å². The van der Waals surface area contributed by atoms with Crippen LogP contribution < -0.4 is 0 Å². The monoisotopic (exact) mass is 870 g/mol. The third-order valence-electron chi connectivity index (χ3n) is 14.9. The van der Waals surface area contributed by atoms with Gasteiger partial charge in [0.2, 0.25) is 0 Å². The van der Waals surface area contributed by atoms with Crippen molar-refractivity contribution < 1.29 is 0 Å². The van der Waals surface area contributed by atoms with Gasteiger partial charge in [0.25, 0.3) is 0 Å². The van der Waals surface area contributed by atoms with Crippen LogP contribution in [0.15, 0.2) is 218 Å². The molecule has 2 nitrogen and oxygen atoms in total. The van der Waals surface area contributed by atoms with Gasteiger partial charge in [0.1, 0.15) is 0 Å². The fourth-order valence-electron chi connectivity index (χ4n) is 11.8. The number of hydrogen-bond donors (Lipinski definition) is 0. The van der Waals surface area contributed by atoms with E-state index in [0.717, 1.165) is 18.5 Å². The maximum absolute atomic E-state index is 2.48. The molecule has 0 bridgehead atoms. The molecule has 1 unspecified atom stereocenters. The molecule has 0 saturated carbocycles. The highest BCUT2D eigenvalue weighted by Crippen LogP contribution is 2.50. The Morgan fingerprint density at radius 2 is 0.779 bits per heavy atom. The first-order chi connectivity index (χ1) is 33.4. The molecule has 68 heavy (non-hydrogen) atoms. The van der Waals surface area contributed by atoms with Gasteiger partial charge in [-0.25, -0.2) is 0 Å². The Morgan fingerprint density at radius 3 is 1.38 bits per heavy atom. The molecule has 0 spiro atoms. The van der Waals surface area contributed by atoms with E-state index in [0.29, 0.717) is 5.92 Å². The summed E-state index contributed by atoms with van der Waals surface area (Å²) in [5.74, 6) is 0.329. The van der Waals surface area contributed by atoms with Crippen molar-refractivity contribution >= 4 is 43.6 Å². The van der Waals surface area contributed by atoms with E-state index in [1.54, 1.807) is 0 Å². The quantitative estimate of drug-likeness (QED) is 0.144.